The van der Waals surface area contributed by atoms with Crippen LogP contribution < -0.4 is 11.2 Å². The number of allylic oxidation sites excluding steroid dienone is 1. The van der Waals surface area contributed by atoms with E-state index in [-0.39, 0.29) is 16.4 Å². The van der Waals surface area contributed by atoms with Crippen LogP contribution in [0, 0.1) is 0 Å². The van der Waals surface area contributed by atoms with Gasteiger partial charge in [0.1, 0.15) is 0 Å². The molecule has 18 heavy (non-hydrogen) atoms. The molecule has 2 aromatic rings. The Bertz CT molecular complexity index is 738. The van der Waals surface area contributed by atoms with Crippen molar-refractivity contribution in [1.82, 2.24) is 19.1 Å². The topological polar surface area (TPSA) is 72.7 Å². The van der Waals surface area contributed by atoms with Gasteiger partial charge in [0.2, 0.25) is 5.28 Å². The molecule has 0 fully saturated rings. The van der Waals surface area contributed by atoms with Gasteiger partial charge < -0.3 is 4.98 Å². The normalized spacial score (nSPS) is 11.1. The molecular weight excluding hydrogens is 256 g/mol. The van der Waals surface area contributed by atoms with E-state index in [1.165, 1.54) is 4.57 Å². The smallest absolute Gasteiger partial charge is 0.323 e. The maximum Gasteiger partial charge on any atom is 0.333 e. The van der Waals surface area contributed by atoms with Gasteiger partial charge in [-0.2, -0.15) is 4.98 Å². The zero-order chi connectivity index (χ0) is 13.4. The molecule has 7 heteroatoms. The van der Waals surface area contributed by atoms with E-state index in [4.69, 9.17) is 11.6 Å². The molecule has 0 aliphatic heterocycles. The summed E-state index contributed by atoms with van der Waals surface area (Å²) in [5.74, 6) is 0. The fraction of sp³-hybridized carbons (Fsp3) is 0.364. The number of hydrogen-bond acceptors (Lipinski definition) is 3. The lowest BCUT2D eigenvalue weighted by molar-refractivity contribution is 0.613. The van der Waals surface area contributed by atoms with E-state index in [2.05, 4.69) is 16.5 Å². The molecule has 0 radical (unpaired) electrons. The number of nitrogens with zero attached hydrogens (tertiary/aromatic N) is 3. The lowest BCUT2D eigenvalue weighted by Crippen LogP contribution is -2.39. The molecule has 1 N–H and O–H groups in total. The number of hydrogen-bond donors (Lipinski definition) is 1. The Morgan fingerprint density at radius 3 is 2.67 bits per heavy atom. The maximum absolute atomic E-state index is 12.2. The summed E-state index contributed by atoms with van der Waals surface area (Å²) in [6, 6.07) is 0. The Kier molecular flexibility index (Phi) is 3.13. The van der Waals surface area contributed by atoms with Crippen molar-refractivity contribution >= 4 is 22.8 Å². The van der Waals surface area contributed by atoms with Crippen molar-refractivity contribution in [1.29, 1.82) is 0 Å². The minimum absolute atomic E-state index is 0.0887. The summed E-state index contributed by atoms with van der Waals surface area (Å²) in [4.78, 5) is 30.9. The quantitative estimate of drug-likeness (QED) is 0.670. The van der Waals surface area contributed by atoms with Crippen molar-refractivity contribution in [2.75, 3.05) is 0 Å². The molecule has 0 saturated heterocycles. The van der Waals surface area contributed by atoms with Crippen LogP contribution in [0.25, 0.3) is 11.2 Å². The molecule has 0 spiro atoms. The van der Waals surface area contributed by atoms with Gasteiger partial charge in [-0.05, 0) is 25.4 Å². The van der Waals surface area contributed by atoms with Gasteiger partial charge in [0, 0.05) is 13.1 Å². The fourth-order valence-electron chi connectivity index (χ4n) is 1.83. The van der Waals surface area contributed by atoms with Gasteiger partial charge in [-0.1, -0.05) is 12.2 Å². The van der Waals surface area contributed by atoms with E-state index in [1.54, 1.807) is 13.8 Å². The van der Waals surface area contributed by atoms with Gasteiger partial charge in [-0.25, -0.2) is 4.79 Å². The molecule has 2 rings (SSSR count). The Morgan fingerprint density at radius 2 is 2.11 bits per heavy atom. The van der Waals surface area contributed by atoms with E-state index >= 15 is 0 Å². The highest BCUT2D eigenvalue weighted by molar-refractivity contribution is 6.28. The van der Waals surface area contributed by atoms with Crippen LogP contribution >= 0.6 is 11.6 Å². The first-order valence-electron chi connectivity index (χ1n) is 5.49. The Morgan fingerprint density at radius 1 is 1.44 bits per heavy atom. The van der Waals surface area contributed by atoms with Crippen LogP contribution in [-0.2, 0) is 13.1 Å². The van der Waals surface area contributed by atoms with Gasteiger partial charge in [-0.3, -0.25) is 13.9 Å². The van der Waals surface area contributed by atoms with E-state index in [0.717, 1.165) is 10.1 Å². The molecule has 0 unspecified atom stereocenters. The third-order valence-electron chi connectivity index (χ3n) is 2.58. The summed E-state index contributed by atoms with van der Waals surface area (Å²) in [6.45, 7) is 7.89. The highest BCUT2D eigenvalue weighted by Crippen LogP contribution is 2.10. The minimum Gasteiger partial charge on any atom is -0.323 e. The largest absolute Gasteiger partial charge is 0.333 e. The predicted molar refractivity (Wildman–Crippen MR) is 70.1 cm³/mol. The molecule has 0 aromatic carbocycles. The highest BCUT2D eigenvalue weighted by Gasteiger charge is 2.15. The average Bonchev–Trinajstić information content (AvgIpc) is 2.67. The summed E-state index contributed by atoms with van der Waals surface area (Å²) in [6.07, 6.45) is 0. The average molecular weight is 269 g/mol. The van der Waals surface area contributed by atoms with E-state index in [1.807, 2.05) is 0 Å². The summed E-state index contributed by atoms with van der Waals surface area (Å²) in [5, 5.41) is 0.0887. The third kappa shape index (κ3) is 1.88. The van der Waals surface area contributed by atoms with E-state index in [9.17, 15) is 9.59 Å². The second-order valence-corrected chi connectivity index (χ2v) is 4.46. The van der Waals surface area contributed by atoms with Crippen LogP contribution in [-0.4, -0.2) is 19.1 Å². The zero-order valence-corrected chi connectivity index (χ0v) is 10.9. The Labute approximate surface area is 108 Å². The number of fused-ring (bicyclic) bond motifs is 1. The zero-order valence-electron chi connectivity index (χ0n) is 10.2. The molecule has 0 saturated carbocycles. The summed E-state index contributed by atoms with van der Waals surface area (Å²) >= 11 is 5.76. The lowest BCUT2D eigenvalue weighted by Gasteiger charge is -2.09. The Hall–Kier alpha value is -1.82. The minimum atomic E-state index is -0.408. The molecule has 0 aliphatic carbocycles. The predicted octanol–water partition coefficient (Wildman–Crippen LogP) is 1.14. The van der Waals surface area contributed by atoms with Crippen LogP contribution in [0.3, 0.4) is 0 Å². The lowest BCUT2D eigenvalue weighted by atomic mass is 10.3. The molecule has 0 bridgehead atoms. The third-order valence-corrected chi connectivity index (χ3v) is 2.76. The van der Waals surface area contributed by atoms with Crippen LogP contribution in [0.4, 0.5) is 0 Å². The number of halogens is 1. The van der Waals surface area contributed by atoms with Crippen molar-refractivity contribution in [3.05, 3.63) is 38.3 Å². The van der Waals surface area contributed by atoms with Gasteiger partial charge in [0.25, 0.3) is 5.56 Å². The van der Waals surface area contributed by atoms with Gasteiger partial charge in [-0.15, -0.1) is 0 Å². The Balaban J connectivity index is 2.94. The number of rotatable bonds is 3. The summed E-state index contributed by atoms with van der Waals surface area (Å²) < 4.78 is 2.53. The molecule has 96 valence electrons. The molecule has 0 atom stereocenters. The molecule has 0 amide bonds. The first-order valence-corrected chi connectivity index (χ1v) is 5.86. The van der Waals surface area contributed by atoms with Gasteiger partial charge >= 0.3 is 5.69 Å². The molecule has 2 aromatic heterocycles. The number of nitrogens with one attached hydrogen (secondary N) is 1. The van der Waals surface area contributed by atoms with Crippen LogP contribution in [0.1, 0.15) is 13.8 Å². The molecular formula is C11H13ClN4O2. The molecule has 6 nitrogen and oxygen atoms in total. The van der Waals surface area contributed by atoms with Crippen LogP contribution in [0.5, 0.6) is 0 Å². The van der Waals surface area contributed by atoms with Crippen molar-refractivity contribution in [3.8, 4) is 0 Å². The first kappa shape index (κ1) is 12.6. The second kappa shape index (κ2) is 4.45. The van der Waals surface area contributed by atoms with Gasteiger partial charge in [0.15, 0.2) is 11.2 Å². The monoisotopic (exact) mass is 268 g/mol. The number of H-pyrrole nitrogens is 1. The summed E-state index contributed by atoms with van der Waals surface area (Å²) in [7, 11) is 0. The number of aromatic nitrogens is 4. The van der Waals surface area contributed by atoms with Gasteiger partial charge in [0.05, 0.1) is 0 Å². The number of imidazole rings is 1. The van der Waals surface area contributed by atoms with Crippen molar-refractivity contribution in [3.63, 3.8) is 0 Å². The van der Waals surface area contributed by atoms with Crippen molar-refractivity contribution < 1.29 is 0 Å². The van der Waals surface area contributed by atoms with Crippen molar-refractivity contribution in [2.45, 2.75) is 26.9 Å². The summed E-state index contributed by atoms with van der Waals surface area (Å²) in [5.41, 5.74) is 0.486. The number of aromatic amines is 1. The first-order chi connectivity index (χ1) is 8.45. The van der Waals surface area contributed by atoms with E-state index in [0.29, 0.717) is 13.1 Å². The van der Waals surface area contributed by atoms with E-state index < -0.39 is 11.2 Å². The second-order valence-electron chi connectivity index (χ2n) is 4.10. The maximum atomic E-state index is 12.2. The van der Waals surface area contributed by atoms with Crippen LogP contribution in [0.2, 0.25) is 5.28 Å². The fourth-order valence-corrected chi connectivity index (χ4v) is 2.00. The van der Waals surface area contributed by atoms with Crippen molar-refractivity contribution in [2.24, 2.45) is 0 Å². The molecule has 0 aliphatic rings. The standard InChI is InChI=1S/C11H13ClN4O2/c1-4-15-9(17)7-8(14-10(12)13-7)16(11(15)18)5-6(2)3/h2,4-5H2,1,3H3,(H,13,14). The highest BCUT2D eigenvalue weighted by atomic mass is 35.5. The molecule has 2 heterocycles. The SMILES string of the molecule is C=C(C)Cn1c(=O)n(CC)c(=O)c2[nH]c(Cl)nc21. The van der Waals surface area contributed by atoms with Crippen LogP contribution in [0.15, 0.2) is 21.7 Å².